The Morgan fingerprint density at radius 3 is 2.35 bits per heavy atom. The van der Waals surface area contributed by atoms with Crippen LogP contribution in [0.15, 0.2) is 29.7 Å². The number of anilines is 1. The molecule has 5 nitrogen and oxygen atoms in total. The number of nitrogens with two attached hydrogens (primary N) is 1. The van der Waals surface area contributed by atoms with E-state index in [1.54, 1.807) is 0 Å². The van der Waals surface area contributed by atoms with E-state index in [-0.39, 0.29) is 11.7 Å². The van der Waals surface area contributed by atoms with Crippen LogP contribution in [0, 0.1) is 0 Å². The molecule has 1 aromatic carbocycles. The Morgan fingerprint density at radius 2 is 1.83 bits per heavy atom. The Balaban J connectivity index is 2.32. The number of para-hydroxylation sites is 1. The lowest BCUT2D eigenvalue weighted by molar-refractivity contribution is 0.00578. The second kappa shape index (κ2) is 6.61. The fourth-order valence-corrected chi connectivity index (χ4v) is 2.36. The fraction of sp³-hybridized carbons (Fsp3) is 0.438. The monoisotopic (exact) mass is 334 g/mol. The van der Waals surface area contributed by atoms with Gasteiger partial charge in [0.2, 0.25) is 0 Å². The number of aliphatic hydroxyl groups excluding tert-OH is 1. The summed E-state index contributed by atoms with van der Waals surface area (Å²) in [6, 6.07) is 7.55. The predicted molar refractivity (Wildman–Crippen MR) is 98.0 cm³/mol. The van der Waals surface area contributed by atoms with Crippen molar-refractivity contribution in [1.29, 1.82) is 0 Å². The fourth-order valence-electron chi connectivity index (χ4n) is 2.25. The maximum Gasteiger partial charge on any atom is 0.492 e. The highest BCUT2D eigenvalue weighted by Gasteiger charge is 2.52. The molecule has 0 spiro atoms. The summed E-state index contributed by atoms with van der Waals surface area (Å²) in [5, 5.41) is 12.9. The van der Waals surface area contributed by atoms with Gasteiger partial charge in [-0.25, -0.2) is 0 Å². The van der Waals surface area contributed by atoms with E-state index in [0.29, 0.717) is 5.47 Å². The second-order valence-electron chi connectivity index (χ2n) is 6.54. The molecule has 0 bridgehead atoms. The SMILES string of the molecule is CC1(C)OB(C(=Cc2ccccc2NC(N)=S)CO)OC1(C)C. The van der Waals surface area contributed by atoms with Crippen molar-refractivity contribution in [2.75, 3.05) is 11.9 Å². The highest BCUT2D eigenvalue weighted by atomic mass is 32.1. The normalized spacial score (nSPS) is 19.7. The van der Waals surface area contributed by atoms with E-state index >= 15 is 0 Å². The average Bonchev–Trinajstić information content (AvgIpc) is 2.65. The molecular weight excluding hydrogens is 311 g/mol. The average molecular weight is 334 g/mol. The van der Waals surface area contributed by atoms with E-state index in [1.165, 1.54) is 0 Å². The first-order valence-electron chi connectivity index (χ1n) is 7.49. The van der Waals surface area contributed by atoms with Crippen LogP contribution in [0.5, 0.6) is 0 Å². The summed E-state index contributed by atoms with van der Waals surface area (Å²) in [7, 11) is -0.595. The number of benzene rings is 1. The van der Waals surface area contributed by atoms with E-state index < -0.39 is 18.3 Å². The summed E-state index contributed by atoms with van der Waals surface area (Å²) in [6.07, 6.45) is 1.84. The van der Waals surface area contributed by atoms with E-state index in [1.807, 2.05) is 58.0 Å². The van der Waals surface area contributed by atoms with Crippen molar-refractivity contribution < 1.29 is 14.4 Å². The molecule has 4 N–H and O–H groups in total. The van der Waals surface area contributed by atoms with Crippen molar-refractivity contribution in [3.63, 3.8) is 0 Å². The lowest BCUT2D eigenvalue weighted by atomic mass is 9.77. The molecule has 23 heavy (non-hydrogen) atoms. The van der Waals surface area contributed by atoms with E-state index in [4.69, 9.17) is 27.3 Å². The Bertz CT molecular complexity index is 616. The van der Waals surface area contributed by atoms with E-state index in [9.17, 15) is 5.11 Å². The van der Waals surface area contributed by atoms with Gasteiger partial charge in [0, 0.05) is 5.69 Å². The van der Waals surface area contributed by atoms with Gasteiger partial charge in [-0.05, 0) is 57.0 Å². The third-order valence-corrected chi connectivity index (χ3v) is 4.40. The number of hydrogen-bond acceptors (Lipinski definition) is 4. The molecule has 1 aliphatic heterocycles. The van der Waals surface area contributed by atoms with Gasteiger partial charge in [0.05, 0.1) is 17.8 Å². The predicted octanol–water partition coefficient (Wildman–Crippen LogP) is 2.35. The summed E-state index contributed by atoms with van der Waals surface area (Å²) < 4.78 is 12.0. The summed E-state index contributed by atoms with van der Waals surface area (Å²) in [5.74, 6) is 0. The van der Waals surface area contributed by atoms with Gasteiger partial charge in [0.1, 0.15) is 0 Å². The summed E-state index contributed by atoms with van der Waals surface area (Å²) in [4.78, 5) is 0. The van der Waals surface area contributed by atoms with Gasteiger partial charge in [0.15, 0.2) is 5.11 Å². The molecule has 7 heteroatoms. The molecule has 0 unspecified atom stereocenters. The van der Waals surface area contributed by atoms with Crippen LogP contribution in [-0.4, -0.2) is 35.1 Å². The molecule has 1 fully saturated rings. The molecule has 0 atom stereocenters. The molecule has 0 aliphatic carbocycles. The molecule has 0 radical (unpaired) electrons. The van der Waals surface area contributed by atoms with Crippen LogP contribution < -0.4 is 11.1 Å². The first-order valence-corrected chi connectivity index (χ1v) is 7.89. The van der Waals surface area contributed by atoms with Gasteiger partial charge in [-0.15, -0.1) is 0 Å². The summed E-state index contributed by atoms with van der Waals surface area (Å²) >= 11 is 4.89. The minimum Gasteiger partial charge on any atom is -0.400 e. The molecule has 1 saturated heterocycles. The highest BCUT2D eigenvalue weighted by Crippen LogP contribution is 2.38. The topological polar surface area (TPSA) is 76.7 Å². The van der Waals surface area contributed by atoms with Crippen molar-refractivity contribution in [3.8, 4) is 0 Å². The zero-order chi connectivity index (χ0) is 17.3. The smallest absolute Gasteiger partial charge is 0.400 e. The number of hydrogen-bond donors (Lipinski definition) is 3. The minimum atomic E-state index is -0.595. The zero-order valence-electron chi connectivity index (χ0n) is 13.9. The highest BCUT2D eigenvalue weighted by molar-refractivity contribution is 7.80. The van der Waals surface area contributed by atoms with E-state index in [0.717, 1.165) is 11.3 Å². The Labute approximate surface area is 143 Å². The molecule has 2 rings (SSSR count). The molecule has 1 aromatic rings. The number of thiocarbonyl (C=S) groups is 1. The number of nitrogens with one attached hydrogen (secondary N) is 1. The molecule has 0 aromatic heterocycles. The third kappa shape index (κ3) is 3.92. The van der Waals surface area contributed by atoms with Crippen LogP contribution >= 0.6 is 12.2 Å². The van der Waals surface area contributed by atoms with Gasteiger partial charge < -0.3 is 25.5 Å². The van der Waals surface area contributed by atoms with Crippen LogP contribution in [0.3, 0.4) is 0 Å². The largest absolute Gasteiger partial charge is 0.492 e. The van der Waals surface area contributed by atoms with Crippen LogP contribution in [0.25, 0.3) is 6.08 Å². The zero-order valence-corrected chi connectivity index (χ0v) is 14.7. The van der Waals surface area contributed by atoms with Crippen molar-refractivity contribution in [1.82, 2.24) is 0 Å². The minimum absolute atomic E-state index is 0.168. The van der Waals surface area contributed by atoms with Crippen molar-refractivity contribution in [2.24, 2.45) is 5.73 Å². The maximum atomic E-state index is 9.76. The molecule has 124 valence electrons. The molecular formula is C16H23BN2O3S. The van der Waals surface area contributed by atoms with Crippen LogP contribution in [0.2, 0.25) is 0 Å². The second-order valence-corrected chi connectivity index (χ2v) is 6.98. The number of rotatable bonds is 4. The Hall–Kier alpha value is -1.41. The molecule has 1 aliphatic rings. The van der Waals surface area contributed by atoms with Crippen LogP contribution in [0.1, 0.15) is 33.3 Å². The van der Waals surface area contributed by atoms with Crippen molar-refractivity contribution in [2.45, 2.75) is 38.9 Å². The van der Waals surface area contributed by atoms with Crippen LogP contribution in [-0.2, 0) is 9.31 Å². The maximum absolute atomic E-state index is 9.76. The number of aliphatic hydroxyl groups is 1. The van der Waals surface area contributed by atoms with Gasteiger partial charge in [0.25, 0.3) is 0 Å². The summed E-state index contributed by atoms with van der Waals surface area (Å²) in [6.45, 7) is 7.74. The van der Waals surface area contributed by atoms with Crippen molar-refractivity contribution >= 4 is 36.2 Å². The van der Waals surface area contributed by atoms with E-state index in [2.05, 4.69) is 5.32 Å². The van der Waals surface area contributed by atoms with Gasteiger partial charge in [-0.3, -0.25) is 0 Å². The van der Waals surface area contributed by atoms with Crippen molar-refractivity contribution in [3.05, 3.63) is 35.3 Å². The summed E-state index contributed by atoms with van der Waals surface area (Å²) in [5.41, 5.74) is 6.89. The first-order chi connectivity index (χ1) is 10.7. The lowest BCUT2D eigenvalue weighted by Gasteiger charge is -2.32. The Morgan fingerprint density at radius 1 is 1.26 bits per heavy atom. The molecule has 0 saturated carbocycles. The first kappa shape index (κ1) is 17.9. The van der Waals surface area contributed by atoms with Gasteiger partial charge in [-0.1, -0.05) is 24.3 Å². The molecule has 1 heterocycles. The van der Waals surface area contributed by atoms with Gasteiger partial charge >= 0.3 is 7.12 Å². The quantitative estimate of drug-likeness (QED) is 0.580. The van der Waals surface area contributed by atoms with Gasteiger partial charge in [-0.2, -0.15) is 0 Å². The standard InChI is InChI=1S/C16H23BN2O3S/c1-15(2)16(3,4)22-17(21-15)12(10-20)9-11-7-5-6-8-13(11)19-14(18)23/h5-9,20H,10H2,1-4H3,(H3,18,19,23). The molecule has 0 amide bonds. The third-order valence-electron chi connectivity index (χ3n) is 4.30. The Kier molecular flexibility index (Phi) is 5.15. The van der Waals surface area contributed by atoms with Crippen LogP contribution in [0.4, 0.5) is 5.69 Å². The lowest BCUT2D eigenvalue weighted by Crippen LogP contribution is -2.41.